The maximum atomic E-state index is 5.87. The van der Waals surface area contributed by atoms with Gasteiger partial charge in [-0.1, -0.05) is 35.3 Å². The van der Waals surface area contributed by atoms with Gasteiger partial charge in [-0.2, -0.15) is 0 Å². The van der Waals surface area contributed by atoms with E-state index in [0.29, 0.717) is 5.15 Å². The fourth-order valence-electron chi connectivity index (χ4n) is 1.75. The first kappa shape index (κ1) is 13.2. The minimum atomic E-state index is 0.184. The van der Waals surface area contributed by atoms with Gasteiger partial charge in [-0.15, -0.1) is 0 Å². The Morgan fingerprint density at radius 2 is 1.72 bits per heavy atom. The van der Waals surface area contributed by atoms with Crippen LogP contribution < -0.4 is 5.32 Å². The maximum absolute atomic E-state index is 5.87. The normalized spacial score (nSPS) is 12.2. The van der Waals surface area contributed by atoms with Gasteiger partial charge in [0.15, 0.2) is 0 Å². The first-order chi connectivity index (χ1) is 8.56. The van der Waals surface area contributed by atoms with E-state index in [1.807, 2.05) is 37.3 Å². The highest BCUT2D eigenvalue weighted by molar-refractivity contribution is 6.30. The summed E-state index contributed by atoms with van der Waals surface area (Å²) in [5.41, 5.74) is 3.05. The molecule has 2 aromatic rings. The lowest BCUT2D eigenvalue weighted by Crippen LogP contribution is -2.08. The predicted octanol–water partition coefficient (Wildman–Crippen LogP) is 4.87. The molecule has 0 aliphatic rings. The Kier molecular flexibility index (Phi) is 4.10. The molecule has 0 saturated heterocycles. The molecule has 1 unspecified atom stereocenters. The number of hydrogen-bond donors (Lipinski definition) is 1. The lowest BCUT2D eigenvalue weighted by atomic mass is 10.1. The van der Waals surface area contributed by atoms with E-state index in [-0.39, 0.29) is 6.04 Å². The van der Waals surface area contributed by atoms with E-state index in [4.69, 9.17) is 23.2 Å². The van der Waals surface area contributed by atoms with Crippen molar-refractivity contribution in [2.75, 3.05) is 5.32 Å². The molecule has 0 radical (unpaired) electrons. The number of halogens is 2. The number of anilines is 1. The second-order valence-electron chi connectivity index (χ2n) is 4.18. The molecule has 0 aliphatic heterocycles. The molecule has 0 fully saturated rings. The van der Waals surface area contributed by atoms with Gasteiger partial charge < -0.3 is 5.32 Å². The van der Waals surface area contributed by atoms with Crippen molar-refractivity contribution in [1.82, 2.24) is 4.98 Å². The third-order valence-electron chi connectivity index (χ3n) is 2.79. The summed E-state index contributed by atoms with van der Waals surface area (Å²) in [7, 11) is 0. The van der Waals surface area contributed by atoms with Gasteiger partial charge in [-0.3, -0.25) is 0 Å². The van der Waals surface area contributed by atoms with Gasteiger partial charge in [0.1, 0.15) is 5.15 Å². The summed E-state index contributed by atoms with van der Waals surface area (Å²) in [5, 5.41) is 4.67. The van der Waals surface area contributed by atoms with E-state index in [2.05, 4.69) is 17.2 Å². The van der Waals surface area contributed by atoms with Crippen LogP contribution in [0.5, 0.6) is 0 Å². The van der Waals surface area contributed by atoms with Crippen LogP contribution in [-0.2, 0) is 0 Å². The predicted molar refractivity (Wildman–Crippen MR) is 77.5 cm³/mol. The monoisotopic (exact) mass is 280 g/mol. The maximum Gasteiger partial charge on any atom is 0.129 e. The van der Waals surface area contributed by atoms with Crippen LogP contribution in [0, 0.1) is 6.92 Å². The molecule has 4 heteroatoms. The van der Waals surface area contributed by atoms with Crippen LogP contribution in [0.2, 0.25) is 10.2 Å². The fourth-order valence-corrected chi connectivity index (χ4v) is 2.07. The number of rotatable bonds is 3. The highest BCUT2D eigenvalue weighted by Gasteiger charge is 2.07. The zero-order valence-electron chi connectivity index (χ0n) is 10.2. The van der Waals surface area contributed by atoms with Crippen molar-refractivity contribution < 1.29 is 0 Å². The summed E-state index contributed by atoms with van der Waals surface area (Å²) in [4.78, 5) is 4.22. The summed E-state index contributed by atoms with van der Waals surface area (Å²) in [6, 6.07) is 11.7. The molecule has 0 amide bonds. The van der Waals surface area contributed by atoms with E-state index in [9.17, 15) is 0 Å². The molecule has 0 bridgehead atoms. The number of pyridine rings is 1. The number of nitrogens with zero attached hydrogens (tertiary/aromatic N) is 1. The molecule has 1 N–H and O–H groups in total. The van der Waals surface area contributed by atoms with E-state index in [1.54, 1.807) is 6.07 Å². The van der Waals surface area contributed by atoms with Crippen molar-refractivity contribution >= 4 is 28.9 Å². The van der Waals surface area contributed by atoms with E-state index < -0.39 is 0 Å². The van der Waals surface area contributed by atoms with Crippen LogP contribution in [0.15, 0.2) is 36.4 Å². The topological polar surface area (TPSA) is 24.9 Å². The summed E-state index contributed by atoms with van der Waals surface area (Å²) in [6.45, 7) is 4.03. The fraction of sp³-hybridized carbons (Fsp3) is 0.214. The van der Waals surface area contributed by atoms with Crippen molar-refractivity contribution in [3.63, 3.8) is 0 Å². The standard InChI is InChI=1S/C14H14Cl2N2/c1-9(11-3-5-12(15)6-4-11)17-13-7-8-14(16)18-10(13)2/h3-9,17H,1-2H3. The molecule has 18 heavy (non-hydrogen) atoms. The molecule has 1 aromatic carbocycles. The zero-order chi connectivity index (χ0) is 13.1. The number of aryl methyl sites for hydroxylation is 1. The highest BCUT2D eigenvalue weighted by Crippen LogP contribution is 2.23. The second-order valence-corrected chi connectivity index (χ2v) is 5.01. The van der Waals surface area contributed by atoms with Gasteiger partial charge in [0.05, 0.1) is 11.4 Å². The number of benzene rings is 1. The Morgan fingerprint density at radius 1 is 1.06 bits per heavy atom. The van der Waals surface area contributed by atoms with Crippen LogP contribution in [0.4, 0.5) is 5.69 Å². The molecule has 0 saturated carbocycles. The van der Waals surface area contributed by atoms with Crippen LogP contribution in [0.3, 0.4) is 0 Å². The van der Waals surface area contributed by atoms with E-state index in [0.717, 1.165) is 16.4 Å². The lowest BCUT2D eigenvalue weighted by molar-refractivity contribution is 0.879. The first-order valence-corrected chi connectivity index (χ1v) is 6.47. The average molecular weight is 281 g/mol. The van der Waals surface area contributed by atoms with Crippen molar-refractivity contribution in [3.05, 3.63) is 57.8 Å². The van der Waals surface area contributed by atoms with Gasteiger partial charge in [0.2, 0.25) is 0 Å². The van der Waals surface area contributed by atoms with Crippen molar-refractivity contribution in [1.29, 1.82) is 0 Å². The summed E-state index contributed by atoms with van der Waals surface area (Å²) in [6.07, 6.45) is 0. The molecule has 2 rings (SSSR count). The molecule has 0 aliphatic carbocycles. The van der Waals surface area contributed by atoms with E-state index in [1.165, 1.54) is 5.56 Å². The lowest BCUT2D eigenvalue weighted by Gasteiger charge is -2.17. The molecule has 1 aromatic heterocycles. The number of aromatic nitrogens is 1. The Morgan fingerprint density at radius 3 is 2.33 bits per heavy atom. The molecule has 2 nitrogen and oxygen atoms in total. The third-order valence-corrected chi connectivity index (χ3v) is 3.26. The minimum absolute atomic E-state index is 0.184. The Labute approximate surface area is 117 Å². The van der Waals surface area contributed by atoms with Crippen molar-refractivity contribution in [2.45, 2.75) is 19.9 Å². The summed E-state index contributed by atoms with van der Waals surface area (Å²) in [5.74, 6) is 0. The van der Waals surface area contributed by atoms with E-state index >= 15 is 0 Å². The molecule has 0 spiro atoms. The smallest absolute Gasteiger partial charge is 0.129 e. The van der Waals surface area contributed by atoms with Gasteiger partial charge in [0.25, 0.3) is 0 Å². The van der Waals surface area contributed by atoms with Crippen molar-refractivity contribution in [3.8, 4) is 0 Å². The zero-order valence-corrected chi connectivity index (χ0v) is 11.8. The Balaban J connectivity index is 2.15. The Hall–Kier alpha value is -1.25. The molecule has 1 atom stereocenters. The van der Waals surface area contributed by atoms with Crippen LogP contribution in [0.1, 0.15) is 24.2 Å². The highest BCUT2D eigenvalue weighted by atomic mass is 35.5. The molecular weight excluding hydrogens is 267 g/mol. The number of hydrogen-bond acceptors (Lipinski definition) is 2. The second kappa shape index (κ2) is 5.59. The first-order valence-electron chi connectivity index (χ1n) is 5.71. The molecular formula is C14H14Cl2N2. The molecule has 1 heterocycles. The Bertz CT molecular complexity index is 538. The van der Waals surface area contributed by atoms with Gasteiger partial charge >= 0.3 is 0 Å². The van der Waals surface area contributed by atoms with Gasteiger partial charge in [0, 0.05) is 11.1 Å². The summed E-state index contributed by atoms with van der Waals surface area (Å²) < 4.78 is 0. The van der Waals surface area contributed by atoms with Gasteiger partial charge in [-0.25, -0.2) is 4.98 Å². The molecule has 94 valence electrons. The largest absolute Gasteiger partial charge is 0.377 e. The van der Waals surface area contributed by atoms with Crippen LogP contribution in [-0.4, -0.2) is 4.98 Å². The average Bonchev–Trinajstić information content (AvgIpc) is 2.33. The third kappa shape index (κ3) is 3.15. The number of nitrogens with one attached hydrogen (secondary N) is 1. The minimum Gasteiger partial charge on any atom is -0.377 e. The summed E-state index contributed by atoms with van der Waals surface area (Å²) >= 11 is 11.7. The van der Waals surface area contributed by atoms with Crippen LogP contribution >= 0.6 is 23.2 Å². The quantitative estimate of drug-likeness (QED) is 0.812. The van der Waals surface area contributed by atoms with Crippen molar-refractivity contribution in [2.24, 2.45) is 0 Å². The van der Waals surface area contributed by atoms with Gasteiger partial charge in [-0.05, 0) is 43.7 Å². The SMILES string of the molecule is Cc1nc(Cl)ccc1NC(C)c1ccc(Cl)cc1. The van der Waals surface area contributed by atoms with Crippen LogP contribution in [0.25, 0.3) is 0 Å².